The van der Waals surface area contributed by atoms with Gasteiger partial charge in [0.15, 0.2) is 11.6 Å². The first-order valence-corrected chi connectivity index (χ1v) is 9.10. The minimum atomic E-state index is -0.358. The van der Waals surface area contributed by atoms with Crippen LogP contribution in [0.3, 0.4) is 0 Å². The summed E-state index contributed by atoms with van der Waals surface area (Å²) in [5.41, 5.74) is 0.147. The van der Waals surface area contributed by atoms with Crippen molar-refractivity contribution in [1.82, 2.24) is 0 Å². The Labute approximate surface area is 153 Å². The van der Waals surface area contributed by atoms with E-state index in [1.165, 1.54) is 48.2 Å². The van der Waals surface area contributed by atoms with E-state index in [-0.39, 0.29) is 17.1 Å². The molecule has 25 heavy (non-hydrogen) atoms. The Kier molecular flexibility index (Phi) is 5.63. The van der Waals surface area contributed by atoms with Gasteiger partial charge in [0.1, 0.15) is 11.5 Å². The second-order valence-corrected chi connectivity index (χ2v) is 7.43. The maximum atomic E-state index is 12.6. The zero-order chi connectivity index (χ0) is 17.6. The topological polar surface area (TPSA) is 60.4 Å². The number of ketones is 2. The summed E-state index contributed by atoms with van der Waals surface area (Å²) in [7, 11) is 0. The Morgan fingerprint density at radius 2 is 1.52 bits per heavy atom. The number of carbonyl (C=O) groups is 2. The predicted octanol–water partition coefficient (Wildman–Crippen LogP) is 5.29. The third kappa shape index (κ3) is 4.55. The van der Waals surface area contributed by atoms with Gasteiger partial charge in [-0.05, 0) is 65.8 Å². The van der Waals surface area contributed by atoms with Gasteiger partial charge in [-0.1, -0.05) is 23.5 Å². The fourth-order valence-corrected chi connectivity index (χ4v) is 4.27. The molecule has 0 unspecified atom stereocenters. The van der Waals surface area contributed by atoms with Crippen molar-refractivity contribution in [2.24, 2.45) is 0 Å². The number of allylic oxidation sites excluding steroid dienone is 4. The third-order valence-corrected chi connectivity index (χ3v) is 5.57. The van der Waals surface area contributed by atoms with Gasteiger partial charge in [0.25, 0.3) is 0 Å². The van der Waals surface area contributed by atoms with Crippen molar-refractivity contribution in [3.05, 3.63) is 80.6 Å². The molecule has 0 amide bonds. The molecular formula is C19H14O4S2. The lowest BCUT2D eigenvalue weighted by Gasteiger charge is -2.04. The summed E-state index contributed by atoms with van der Waals surface area (Å²) in [4.78, 5) is 26.3. The zero-order valence-electron chi connectivity index (χ0n) is 13.3. The molecule has 0 N–H and O–H groups in total. The monoisotopic (exact) mass is 370 g/mol. The lowest BCUT2D eigenvalue weighted by Crippen LogP contribution is -2.10. The molecule has 3 heterocycles. The molecule has 126 valence electrons. The van der Waals surface area contributed by atoms with Crippen molar-refractivity contribution in [1.29, 1.82) is 0 Å². The van der Waals surface area contributed by atoms with Gasteiger partial charge in [0.2, 0.25) is 0 Å². The molecule has 3 rings (SSSR count). The second-order valence-electron chi connectivity index (χ2n) is 5.04. The van der Waals surface area contributed by atoms with Gasteiger partial charge in [-0.3, -0.25) is 9.59 Å². The minimum Gasteiger partial charge on any atom is -0.465 e. The third-order valence-electron chi connectivity index (χ3n) is 3.17. The number of thioether (sulfide) groups is 2. The number of carbonyl (C=O) groups excluding carboxylic acids is 2. The molecule has 2 aromatic heterocycles. The molecule has 1 aliphatic rings. The second kappa shape index (κ2) is 8.09. The maximum Gasteiger partial charge on any atom is 0.191 e. The minimum absolute atomic E-state index is 0.147. The van der Waals surface area contributed by atoms with E-state index >= 15 is 0 Å². The highest BCUT2D eigenvalue weighted by atomic mass is 32.2. The van der Waals surface area contributed by atoms with E-state index in [0.29, 0.717) is 15.8 Å². The Hall–Kier alpha value is -2.44. The molecule has 4 nitrogen and oxygen atoms in total. The summed E-state index contributed by atoms with van der Waals surface area (Å²) in [5, 5.41) is 1.92. The Morgan fingerprint density at radius 3 is 1.92 bits per heavy atom. The van der Waals surface area contributed by atoms with Gasteiger partial charge in [-0.25, -0.2) is 0 Å². The first-order chi connectivity index (χ1) is 12.1. The van der Waals surface area contributed by atoms with Crippen LogP contribution in [0.1, 0.15) is 18.4 Å². The van der Waals surface area contributed by atoms with Crippen LogP contribution in [0.25, 0.3) is 12.2 Å². The SMILES string of the molecule is CC1=CSC(=C(C(=O)/C=C/c2ccco2)C(=O)/C=C/c2ccco2)S1. The van der Waals surface area contributed by atoms with E-state index in [1.54, 1.807) is 36.4 Å². The molecule has 0 atom stereocenters. The Morgan fingerprint density at radius 1 is 0.960 bits per heavy atom. The van der Waals surface area contributed by atoms with Crippen LogP contribution in [-0.2, 0) is 9.59 Å². The van der Waals surface area contributed by atoms with Crippen LogP contribution in [0.5, 0.6) is 0 Å². The van der Waals surface area contributed by atoms with Crippen molar-refractivity contribution in [3.63, 3.8) is 0 Å². The van der Waals surface area contributed by atoms with Crippen molar-refractivity contribution in [3.8, 4) is 0 Å². The lowest BCUT2D eigenvalue weighted by molar-refractivity contribution is -0.116. The normalized spacial score (nSPS) is 14.4. The first-order valence-electron chi connectivity index (χ1n) is 7.41. The van der Waals surface area contributed by atoms with Crippen LogP contribution in [-0.4, -0.2) is 11.6 Å². The van der Waals surface area contributed by atoms with Gasteiger partial charge in [0.05, 0.1) is 22.3 Å². The van der Waals surface area contributed by atoms with Crippen LogP contribution < -0.4 is 0 Å². The highest BCUT2D eigenvalue weighted by Crippen LogP contribution is 2.45. The molecule has 0 bridgehead atoms. The van der Waals surface area contributed by atoms with Gasteiger partial charge >= 0.3 is 0 Å². The van der Waals surface area contributed by atoms with Crippen molar-refractivity contribution in [2.75, 3.05) is 0 Å². The maximum absolute atomic E-state index is 12.6. The summed E-state index contributed by atoms with van der Waals surface area (Å²) < 4.78 is 11.0. The zero-order valence-corrected chi connectivity index (χ0v) is 14.9. The quantitative estimate of drug-likeness (QED) is 0.391. The molecule has 0 radical (unpaired) electrons. The average Bonchev–Trinajstić information content (AvgIpc) is 3.34. The molecule has 1 aliphatic heterocycles. The van der Waals surface area contributed by atoms with Crippen LogP contribution in [0.4, 0.5) is 0 Å². The number of hydrogen-bond donors (Lipinski definition) is 0. The van der Waals surface area contributed by atoms with Gasteiger partial charge in [-0.2, -0.15) is 0 Å². The standard InChI is InChI=1S/C19H14O4S2/c1-13-12-24-19(25-13)18(16(20)8-6-14-4-2-10-22-14)17(21)9-7-15-5-3-11-23-15/h2-12H,1H3/b8-6+,9-7+. The van der Waals surface area contributed by atoms with E-state index in [1.807, 2.05) is 12.3 Å². The summed E-state index contributed by atoms with van der Waals surface area (Å²) in [6.45, 7) is 1.94. The first kappa shape index (κ1) is 17.4. The number of rotatable bonds is 6. The van der Waals surface area contributed by atoms with E-state index in [9.17, 15) is 9.59 Å². The van der Waals surface area contributed by atoms with Crippen molar-refractivity contribution < 1.29 is 18.4 Å². The molecule has 0 aliphatic carbocycles. The number of hydrogen-bond acceptors (Lipinski definition) is 6. The molecular weight excluding hydrogens is 356 g/mol. The molecule has 0 fully saturated rings. The highest BCUT2D eigenvalue weighted by Gasteiger charge is 2.23. The molecule has 0 aromatic carbocycles. The van der Waals surface area contributed by atoms with Crippen molar-refractivity contribution in [2.45, 2.75) is 6.92 Å². The van der Waals surface area contributed by atoms with Crippen LogP contribution in [0.15, 0.2) is 77.9 Å². The predicted molar refractivity (Wildman–Crippen MR) is 101 cm³/mol. The molecule has 0 spiro atoms. The van der Waals surface area contributed by atoms with Gasteiger partial charge < -0.3 is 8.83 Å². The van der Waals surface area contributed by atoms with Crippen LogP contribution in [0.2, 0.25) is 0 Å². The van der Waals surface area contributed by atoms with E-state index in [4.69, 9.17) is 8.83 Å². The summed E-state index contributed by atoms with van der Waals surface area (Å²) >= 11 is 2.81. The van der Waals surface area contributed by atoms with E-state index in [2.05, 4.69) is 0 Å². The Bertz CT molecular complexity index is 824. The molecule has 2 aromatic rings. The largest absolute Gasteiger partial charge is 0.465 e. The Balaban J connectivity index is 1.85. The number of furan rings is 2. The van der Waals surface area contributed by atoms with Crippen LogP contribution in [0, 0.1) is 0 Å². The summed E-state index contributed by atoms with van der Waals surface area (Å²) in [6.07, 6.45) is 8.87. The summed E-state index contributed by atoms with van der Waals surface area (Å²) in [5.74, 6) is 0.391. The van der Waals surface area contributed by atoms with Gasteiger partial charge in [-0.15, -0.1) is 0 Å². The highest BCUT2D eigenvalue weighted by molar-refractivity contribution is 8.28. The molecule has 0 saturated carbocycles. The fraction of sp³-hybridized carbons (Fsp3) is 0.0526. The molecule has 6 heteroatoms. The summed E-state index contributed by atoms with van der Waals surface area (Å²) in [6, 6.07) is 6.94. The van der Waals surface area contributed by atoms with E-state index < -0.39 is 0 Å². The fourth-order valence-electron chi connectivity index (χ4n) is 2.02. The van der Waals surface area contributed by atoms with Gasteiger partial charge in [0, 0.05) is 0 Å². The van der Waals surface area contributed by atoms with Crippen molar-refractivity contribution >= 4 is 47.2 Å². The lowest BCUT2D eigenvalue weighted by atomic mass is 10.1. The molecule has 0 saturated heterocycles. The average molecular weight is 370 g/mol. The van der Waals surface area contributed by atoms with E-state index in [0.717, 1.165) is 4.91 Å². The van der Waals surface area contributed by atoms with Crippen LogP contribution >= 0.6 is 23.5 Å². The smallest absolute Gasteiger partial charge is 0.191 e.